The maximum Gasteiger partial charge on any atom is 0.431 e. The molecule has 3 heterocycles. The number of halogens is 3. The Morgan fingerprint density at radius 1 is 1.18 bits per heavy atom. The van der Waals surface area contributed by atoms with Crippen LogP contribution in [0.25, 0.3) is 11.5 Å². The van der Waals surface area contributed by atoms with Crippen LogP contribution in [0.5, 0.6) is 0 Å². The van der Waals surface area contributed by atoms with Crippen LogP contribution in [0.4, 0.5) is 19.2 Å². The molecular formula is C22H32F3N5O3. The molecule has 1 aliphatic carbocycles. The van der Waals surface area contributed by atoms with Crippen molar-refractivity contribution < 1.29 is 22.4 Å². The molecule has 0 aromatic carbocycles. The summed E-state index contributed by atoms with van der Waals surface area (Å²) in [5.41, 5.74) is 3.51. The number of rotatable bonds is 4. The van der Waals surface area contributed by atoms with Gasteiger partial charge in [0.25, 0.3) is 11.4 Å². The van der Waals surface area contributed by atoms with Gasteiger partial charge >= 0.3 is 12.2 Å². The maximum absolute atomic E-state index is 12.3. The summed E-state index contributed by atoms with van der Waals surface area (Å²) in [4.78, 5) is 26.8. The third-order valence-electron chi connectivity index (χ3n) is 5.76. The molecule has 0 unspecified atom stereocenters. The first-order chi connectivity index (χ1) is 15.6. The second kappa shape index (κ2) is 11.3. The number of H-pyrrole nitrogens is 1. The summed E-state index contributed by atoms with van der Waals surface area (Å²) in [6.07, 6.45) is 3.71. The monoisotopic (exact) mass is 471 g/mol. The Morgan fingerprint density at radius 2 is 1.82 bits per heavy atom. The second-order valence-corrected chi connectivity index (χ2v) is 8.04. The molecule has 3 N–H and O–H groups in total. The number of amides is 1. The molecule has 1 saturated heterocycles. The molecule has 0 bridgehead atoms. The van der Waals surface area contributed by atoms with E-state index in [4.69, 9.17) is 10.2 Å². The minimum atomic E-state index is -4.62. The van der Waals surface area contributed by atoms with Crippen LogP contribution in [-0.4, -0.2) is 39.1 Å². The van der Waals surface area contributed by atoms with Gasteiger partial charge < -0.3 is 20.0 Å². The van der Waals surface area contributed by atoms with Crippen molar-refractivity contribution in [3.63, 3.8) is 0 Å². The number of piperidine rings is 1. The fourth-order valence-corrected chi connectivity index (χ4v) is 3.54. The molecule has 1 spiro atoms. The predicted octanol–water partition coefficient (Wildman–Crippen LogP) is 4.63. The number of unbranched alkanes of at least 4 members (excludes halogenated alkanes) is 1. The molecule has 11 heteroatoms. The number of carbonyl (C=O) groups excluding carboxylic acids is 1. The molecule has 8 nitrogen and oxygen atoms in total. The standard InChI is InChI=1S/C12H21NO.C8H5F3N4O2.C2H6/c1-2-3-4-11(14)13-9-7-12(5-6-12)8-10-13;9-8(10,11)4-2-1-3(5(16)13-4)6-14-15-7(12)17-6;1-2/h2-10H2,1H3;1-2H,(H2,12,15)(H,13,16);1-2H3. The highest BCUT2D eigenvalue weighted by molar-refractivity contribution is 5.76. The molecular weight excluding hydrogens is 439 g/mol. The molecule has 1 amide bonds. The van der Waals surface area contributed by atoms with E-state index in [0.717, 1.165) is 38.4 Å². The smallest absolute Gasteiger partial charge is 0.403 e. The maximum atomic E-state index is 12.3. The first-order valence-electron chi connectivity index (χ1n) is 11.3. The lowest BCUT2D eigenvalue weighted by Crippen LogP contribution is -2.38. The summed E-state index contributed by atoms with van der Waals surface area (Å²) >= 11 is 0. The van der Waals surface area contributed by atoms with Crippen LogP contribution in [0.2, 0.25) is 0 Å². The van der Waals surface area contributed by atoms with Crippen molar-refractivity contribution in [3.05, 3.63) is 28.2 Å². The van der Waals surface area contributed by atoms with Gasteiger partial charge in [-0.1, -0.05) is 32.3 Å². The van der Waals surface area contributed by atoms with Gasteiger partial charge in [0.05, 0.1) is 0 Å². The number of carbonyl (C=O) groups is 1. The minimum Gasteiger partial charge on any atom is -0.403 e. The van der Waals surface area contributed by atoms with Crippen LogP contribution < -0.4 is 11.3 Å². The predicted molar refractivity (Wildman–Crippen MR) is 118 cm³/mol. The third-order valence-corrected chi connectivity index (χ3v) is 5.76. The fraction of sp³-hybridized carbons (Fsp3) is 0.636. The summed E-state index contributed by atoms with van der Waals surface area (Å²) in [5, 5.41) is 6.69. The van der Waals surface area contributed by atoms with E-state index in [2.05, 4.69) is 22.0 Å². The quantitative estimate of drug-likeness (QED) is 0.671. The molecule has 1 aliphatic heterocycles. The Kier molecular flexibility index (Phi) is 9.07. The molecule has 2 aromatic rings. The first kappa shape index (κ1) is 26.4. The summed E-state index contributed by atoms with van der Waals surface area (Å²) in [5.74, 6) is 0.153. The van der Waals surface area contributed by atoms with E-state index in [1.807, 2.05) is 13.8 Å². The summed E-state index contributed by atoms with van der Waals surface area (Å²) in [6, 6.07) is 1.37. The number of nitrogens with zero attached hydrogens (tertiary/aromatic N) is 3. The molecule has 0 radical (unpaired) electrons. The average molecular weight is 472 g/mol. The van der Waals surface area contributed by atoms with E-state index in [-0.39, 0.29) is 17.5 Å². The fourth-order valence-electron chi connectivity index (χ4n) is 3.54. The average Bonchev–Trinajstić information content (AvgIpc) is 3.41. The van der Waals surface area contributed by atoms with Gasteiger partial charge in [-0.3, -0.25) is 9.59 Å². The zero-order valence-electron chi connectivity index (χ0n) is 19.3. The normalized spacial score (nSPS) is 16.4. The third kappa shape index (κ3) is 7.33. The van der Waals surface area contributed by atoms with Crippen LogP contribution in [-0.2, 0) is 11.0 Å². The van der Waals surface area contributed by atoms with E-state index in [1.165, 1.54) is 25.7 Å². The Labute approximate surface area is 190 Å². The summed E-state index contributed by atoms with van der Waals surface area (Å²) < 4.78 is 41.5. The Bertz CT molecular complexity index is 957. The summed E-state index contributed by atoms with van der Waals surface area (Å²) in [6.45, 7) is 8.20. The first-order valence-corrected chi connectivity index (χ1v) is 11.3. The number of alkyl halides is 3. The molecule has 2 fully saturated rings. The molecule has 33 heavy (non-hydrogen) atoms. The number of nitrogen functional groups attached to an aromatic ring is 1. The Morgan fingerprint density at radius 3 is 2.27 bits per heavy atom. The zero-order chi connectivity index (χ0) is 24.6. The Hall–Kier alpha value is -2.85. The lowest BCUT2D eigenvalue weighted by atomic mass is 9.93. The minimum absolute atomic E-state index is 0.179. The van der Waals surface area contributed by atoms with Gasteiger partial charge in [-0.15, -0.1) is 5.10 Å². The largest absolute Gasteiger partial charge is 0.431 e. The van der Waals surface area contributed by atoms with Crippen LogP contribution in [0.15, 0.2) is 21.3 Å². The van der Waals surface area contributed by atoms with Gasteiger partial charge in [-0.25, -0.2) is 0 Å². The highest BCUT2D eigenvalue weighted by Gasteiger charge is 2.44. The van der Waals surface area contributed by atoms with E-state index in [9.17, 15) is 22.8 Å². The number of hydrogen-bond acceptors (Lipinski definition) is 6. The van der Waals surface area contributed by atoms with Gasteiger partial charge in [0.1, 0.15) is 11.3 Å². The van der Waals surface area contributed by atoms with Gasteiger partial charge in [-0.05, 0) is 49.7 Å². The van der Waals surface area contributed by atoms with Crippen molar-refractivity contribution in [2.45, 2.75) is 71.9 Å². The molecule has 0 atom stereocenters. The van der Waals surface area contributed by atoms with E-state index in [0.29, 0.717) is 17.4 Å². The number of hydrogen-bond donors (Lipinski definition) is 2. The highest BCUT2D eigenvalue weighted by atomic mass is 19.4. The number of nitrogens with two attached hydrogens (primary N) is 1. The molecule has 4 rings (SSSR count). The van der Waals surface area contributed by atoms with Gasteiger partial charge in [0.2, 0.25) is 5.91 Å². The summed E-state index contributed by atoms with van der Waals surface area (Å²) in [7, 11) is 0. The zero-order valence-corrected chi connectivity index (χ0v) is 19.3. The van der Waals surface area contributed by atoms with Gasteiger partial charge in [-0.2, -0.15) is 13.2 Å². The molecule has 2 aliphatic rings. The van der Waals surface area contributed by atoms with Gasteiger partial charge in [0.15, 0.2) is 0 Å². The van der Waals surface area contributed by atoms with E-state index < -0.39 is 17.4 Å². The SMILES string of the molecule is CC.CCCCC(=O)N1CCC2(CC1)CC2.Nc1nnc(-c2ccc(C(F)(F)F)[nH]c2=O)o1. The highest BCUT2D eigenvalue weighted by Crippen LogP contribution is 2.53. The number of likely N-dealkylation sites (tertiary alicyclic amines) is 1. The van der Waals surface area contributed by atoms with Crippen LogP contribution in [0, 0.1) is 5.41 Å². The van der Waals surface area contributed by atoms with Crippen LogP contribution >= 0.6 is 0 Å². The van der Waals surface area contributed by atoms with Crippen LogP contribution in [0.1, 0.15) is 71.4 Å². The number of nitrogens with one attached hydrogen (secondary N) is 1. The number of pyridine rings is 1. The van der Waals surface area contributed by atoms with Gasteiger partial charge in [0, 0.05) is 19.5 Å². The van der Waals surface area contributed by atoms with Crippen molar-refractivity contribution in [3.8, 4) is 11.5 Å². The Balaban J connectivity index is 0.000000221. The van der Waals surface area contributed by atoms with E-state index in [1.54, 1.807) is 4.98 Å². The lowest BCUT2D eigenvalue weighted by Gasteiger charge is -2.32. The lowest BCUT2D eigenvalue weighted by molar-refractivity contribution is -0.141. The van der Waals surface area contributed by atoms with Crippen molar-refractivity contribution >= 4 is 11.9 Å². The van der Waals surface area contributed by atoms with Crippen molar-refractivity contribution in [1.82, 2.24) is 20.1 Å². The number of aromatic amines is 1. The molecule has 184 valence electrons. The van der Waals surface area contributed by atoms with Crippen molar-refractivity contribution in [1.29, 1.82) is 0 Å². The van der Waals surface area contributed by atoms with Crippen molar-refractivity contribution in [2.24, 2.45) is 5.41 Å². The van der Waals surface area contributed by atoms with Crippen molar-refractivity contribution in [2.75, 3.05) is 18.8 Å². The van der Waals surface area contributed by atoms with Crippen LogP contribution in [0.3, 0.4) is 0 Å². The number of anilines is 1. The number of aromatic nitrogens is 3. The second-order valence-electron chi connectivity index (χ2n) is 8.04. The molecule has 2 aromatic heterocycles. The van der Waals surface area contributed by atoms with E-state index >= 15 is 0 Å². The molecule has 1 saturated carbocycles. The topological polar surface area (TPSA) is 118 Å².